The number of benzene rings is 2. The molecular formula is C25H25N3O2. The second kappa shape index (κ2) is 8.43. The highest BCUT2D eigenvalue weighted by Crippen LogP contribution is 2.52. The van der Waals surface area contributed by atoms with E-state index in [4.69, 9.17) is 4.74 Å². The van der Waals surface area contributed by atoms with Gasteiger partial charge in [-0.05, 0) is 38.8 Å². The summed E-state index contributed by atoms with van der Waals surface area (Å²) in [6, 6.07) is 19.3. The van der Waals surface area contributed by atoms with Gasteiger partial charge in [-0.1, -0.05) is 59.7 Å². The Morgan fingerprint density at radius 1 is 0.967 bits per heavy atom. The molecule has 1 N–H and O–H groups in total. The van der Waals surface area contributed by atoms with E-state index in [9.17, 15) is 15.3 Å². The summed E-state index contributed by atoms with van der Waals surface area (Å²) in [5.74, 6) is -1.26. The molecule has 0 aliphatic carbocycles. The van der Waals surface area contributed by atoms with Crippen molar-refractivity contribution in [3.63, 3.8) is 0 Å². The zero-order chi connectivity index (χ0) is 21.9. The quantitative estimate of drug-likeness (QED) is 0.759. The number of aryl methyl sites for hydroxylation is 2. The zero-order valence-corrected chi connectivity index (χ0v) is 17.7. The van der Waals surface area contributed by atoms with Crippen molar-refractivity contribution >= 4 is 5.97 Å². The highest BCUT2D eigenvalue weighted by molar-refractivity contribution is 5.92. The SMILES string of the molecule is CCOC(=O)C1=C(C)NC(c2ccc(C)cc2)C(C#N)(C#N)C1c1ccc(C)cc1. The van der Waals surface area contributed by atoms with Crippen LogP contribution in [0.3, 0.4) is 0 Å². The molecule has 1 aliphatic heterocycles. The van der Waals surface area contributed by atoms with Crippen molar-refractivity contribution in [1.82, 2.24) is 5.32 Å². The van der Waals surface area contributed by atoms with E-state index in [0.717, 1.165) is 22.3 Å². The van der Waals surface area contributed by atoms with E-state index in [1.807, 2.05) is 62.4 Å². The van der Waals surface area contributed by atoms with Crippen LogP contribution in [0.1, 0.15) is 48.1 Å². The van der Waals surface area contributed by atoms with Gasteiger partial charge >= 0.3 is 5.97 Å². The highest BCUT2D eigenvalue weighted by Gasteiger charge is 2.55. The minimum absolute atomic E-state index is 0.212. The molecule has 2 aromatic carbocycles. The van der Waals surface area contributed by atoms with Gasteiger partial charge in [-0.25, -0.2) is 4.79 Å². The van der Waals surface area contributed by atoms with Crippen LogP contribution in [0.2, 0.25) is 0 Å². The summed E-state index contributed by atoms with van der Waals surface area (Å²) in [6.45, 7) is 7.70. The smallest absolute Gasteiger partial charge is 0.336 e. The Kier molecular flexibility index (Phi) is 5.94. The first-order valence-electron chi connectivity index (χ1n) is 9.98. The molecule has 152 valence electrons. The second-order valence-corrected chi connectivity index (χ2v) is 7.68. The zero-order valence-electron chi connectivity index (χ0n) is 17.7. The minimum atomic E-state index is -1.54. The molecular weight excluding hydrogens is 374 g/mol. The number of nitriles is 2. The fraction of sp³-hybridized carbons (Fsp3) is 0.320. The Labute approximate surface area is 177 Å². The number of carbonyl (C=O) groups excluding carboxylic acids is 1. The minimum Gasteiger partial charge on any atom is -0.463 e. The fourth-order valence-electron chi connectivity index (χ4n) is 4.08. The van der Waals surface area contributed by atoms with Crippen LogP contribution in [0.15, 0.2) is 59.8 Å². The predicted molar refractivity (Wildman–Crippen MR) is 114 cm³/mol. The number of nitrogens with zero attached hydrogens (tertiary/aromatic N) is 2. The van der Waals surface area contributed by atoms with Gasteiger partial charge in [0.15, 0.2) is 5.41 Å². The van der Waals surface area contributed by atoms with E-state index in [0.29, 0.717) is 11.3 Å². The summed E-state index contributed by atoms with van der Waals surface area (Å²) < 4.78 is 5.31. The van der Waals surface area contributed by atoms with Crippen LogP contribution in [0.5, 0.6) is 0 Å². The van der Waals surface area contributed by atoms with Crippen molar-refractivity contribution < 1.29 is 9.53 Å². The molecule has 30 heavy (non-hydrogen) atoms. The van der Waals surface area contributed by atoms with Crippen LogP contribution in [-0.4, -0.2) is 12.6 Å². The van der Waals surface area contributed by atoms with Crippen LogP contribution in [-0.2, 0) is 9.53 Å². The first-order valence-corrected chi connectivity index (χ1v) is 9.98. The van der Waals surface area contributed by atoms with E-state index < -0.39 is 23.3 Å². The molecule has 2 aromatic rings. The normalized spacial score (nSPS) is 19.9. The first-order chi connectivity index (χ1) is 14.4. The molecule has 0 radical (unpaired) electrons. The van der Waals surface area contributed by atoms with Gasteiger partial charge in [0.2, 0.25) is 0 Å². The van der Waals surface area contributed by atoms with E-state index >= 15 is 0 Å². The summed E-state index contributed by atoms with van der Waals surface area (Å²) >= 11 is 0. The monoisotopic (exact) mass is 399 g/mol. The molecule has 1 heterocycles. The van der Waals surface area contributed by atoms with Crippen molar-refractivity contribution in [3.05, 3.63) is 82.1 Å². The number of allylic oxidation sites excluding steroid dienone is 1. The Hall–Kier alpha value is -3.57. The number of hydrogen-bond acceptors (Lipinski definition) is 5. The molecule has 0 spiro atoms. The molecule has 0 amide bonds. The van der Waals surface area contributed by atoms with E-state index in [-0.39, 0.29) is 6.61 Å². The lowest BCUT2D eigenvalue weighted by Gasteiger charge is -2.43. The average Bonchev–Trinajstić information content (AvgIpc) is 2.74. The van der Waals surface area contributed by atoms with Gasteiger partial charge in [0.25, 0.3) is 0 Å². The highest BCUT2D eigenvalue weighted by atomic mass is 16.5. The Morgan fingerprint density at radius 3 is 1.93 bits per heavy atom. The third-order valence-corrected chi connectivity index (χ3v) is 5.65. The van der Waals surface area contributed by atoms with E-state index in [1.165, 1.54) is 0 Å². The lowest BCUT2D eigenvalue weighted by molar-refractivity contribution is -0.139. The number of carbonyl (C=O) groups is 1. The predicted octanol–water partition coefficient (Wildman–Crippen LogP) is 4.60. The van der Waals surface area contributed by atoms with Crippen molar-refractivity contribution in [3.8, 4) is 12.1 Å². The van der Waals surface area contributed by atoms with Gasteiger partial charge in [-0.15, -0.1) is 0 Å². The van der Waals surface area contributed by atoms with Gasteiger partial charge < -0.3 is 10.1 Å². The van der Waals surface area contributed by atoms with Crippen LogP contribution < -0.4 is 5.32 Å². The van der Waals surface area contributed by atoms with Crippen molar-refractivity contribution in [2.45, 2.75) is 39.7 Å². The van der Waals surface area contributed by atoms with Crippen LogP contribution in [0.4, 0.5) is 0 Å². The van der Waals surface area contributed by atoms with Gasteiger partial charge in [0.1, 0.15) is 0 Å². The average molecular weight is 399 g/mol. The third kappa shape index (κ3) is 3.55. The maximum atomic E-state index is 12.9. The molecule has 0 aromatic heterocycles. The Balaban J connectivity index is 2.29. The Morgan fingerprint density at radius 2 is 1.47 bits per heavy atom. The van der Waals surface area contributed by atoms with Gasteiger partial charge in [-0.3, -0.25) is 0 Å². The number of ether oxygens (including phenoxy) is 1. The Bertz CT molecular complexity index is 1040. The van der Waals surface area contributed by atoms with Crippen molar-refractivity contribution in [2.75, 3.05) is 6.61 Å². The summed E-state index contributed by atoms with van der Waals surface area (Å²) in [5, 5.41) is 24.0. The molecule has 0 saturated carbocycles. The molecule has 5 nitrogen and oxygen atoms in total. The van der Waals surface area contributed by atoms with Crippen molar-refractivity contribution in [2.24, 2.45) is 5.41 Å². The molecule has 2 atom stereocenters. The van der Waals surface area contributed by atoms with Crippen LogP contribution >= 0.6 is 0 Å². The number of rotatable bonds is 4. The van der Waals surface area contributed by atoms with E-state index in [1.54, 1.807) is 13.8 Å². The molecule has 0 bridgehead atoms. The fourth-order valence-corrected chi connectivity index (χ4v) is 4.08. The lowest BCUT2D eigenvalue weighted by Crippen LogP contribution is -2.47. The summed E-state index contributed by atoms with van der Waals surface area (Å²) in [6.07, 6.45) is 0. The van der Waals surface area contributed by atoms with Gasteiger partial charge in [-0.2, -0.15) is 10.5 Å². The topological polar surface area (TPSA) is 85.9 Å². The maximum absolute atomic E-state index is 12.9. The maximum Gasteiger partial charge on any atom is 0.336 e. The first kappa shape index (κ1) is 21.1. The van der Waals surface area contributed by atoms with Crippen LogP contribution in [0, 0.1) is 41.9 Å². The number of esters is 1. The summed E-state index contributed by atoms with van der Waals surface area (Å²) in [7, 11) is 0. The van der Waals surface area contributed by atoms with Crippen LogP contribution in [0.25, 0.3) is 0 Å². The summed E-state index contributed by atoms with van der Waals surface area (Å²) in [5.41, 5.74) is 3.11. The molecule has 2 unspecified atom stereocenters. The molecule has 5 heteroatoms. The third-order valence-electron chi connectivity index (χ3n) is 5.65. The van der Waals surface area contributed by atoms with Gasteiger partial charge in [0, 0.05) is 5.70 Å². The molecule has 0 saturated heterocycles. The number of hydrogen-bond donors (Lipinski definition) is 1. The second-order valence-electron chi connectivity index (χ2n) is 7.68. The largest absolute Gasteiger partial charge is 0.463 e. The van der Waals surface area contributed by atoms with Gasteiger partial charge in [0.05, 0.1) is 36.3 Å². The molecule has 1 aliphatic rings. The molecule has 3 rings (SSSR count). The lowest BCUT2D eigenvalue weighted by atomic mass is 9.62. The van der Waals surface area contributed by atoms with E-state index in [2.05, 4.69) is 17.5 Å². The molecule has 0 fully saturated rings. The van der Waals surface area contributed by atoms with Crippen molar-refractivity contribution in [1.29, 1.82) is 10.5 Å². The number of nitrogens with one attached hydrogen (secondary N) is 1. The summed E-state index contributed by atoms with van der Waals surface area (Å²) in [4.78, 5) is 12.9. The standard InChI is InChI=1S/C25H25N3O2/c1-5-30-24(29)21-18(4)28-23(20-12-8-17(3)9-13-20)25(14-26,15-27)22(21)19-10-6-16(2)7-11-19/h6-13,22-23,28H,5H2,1-4H3.